The van der Waals surface area contributed by atoms with Crippen LogP contribution in [0.5, 0.6) is 23.0 Å². The Bertz CT molecular complexity index is 1070. The Morgan fingerprint density at radius 1 is 1.06 bits per heavy atom. The van der Waals surface area contributed by atoms with E-state index in [-0.39, 0.29) is 18.9 Å². The Kier molecular flexibility index (Phi) is 4.46. The summed E-state index contributed by atoms with van der Waals surface area (Å²) in [4.78, 5) is 15.0. The third-order valence-corrected chi connectivity index (χ3v) is 6.04. The number of hydrogen-bond acceptors (Lipinski definition) is 6. The van der Waals surface area contributed by atoms with Crippen LogP contribution in [0, 0.1) is 0 Å². The molecule has 0 N–H and O–H groups in total. The number of ether oxygens (including phenoxy) is 5. The van der Waals surface area contributed by atoms with Crippen LogP contribution < -0.4 is 18.9 Å². The van der Waals surface area contributed by atoms with Crippen molar-refractivity contribution in [1.29, 1.82) is 0 Å². The molecule has 1 amide bonds. The molecule has 2 aromatic carbocycles. The van der Waals surface area contributed by atoms with Gasteiger partial charge >= 0.3 is 6.09 Å². The standard InChI is InChI=1S/C24H27NO6/c1-24(2,3)31-23(26)25-7-6-13-9-19(27-4)22(28-5)21-15-11-18-17(29-12-30-18)10-14(15)8-16(25)20(13)21/h9-11,16H,6-8,12H2,1-5H3. The Morgan fingerprint density at radius 3 is 2.48 bits per heavy atom. The first-order chi connectivity index (χ1) is 14.8. The van der Waals surface area contributed by atoms with Gasteiger partial charge in [-0.05, 0) is 74.1 Å². The van der Waals surface area contributed by atoms with E-state index in [1.807, 2.05) is 43.9 Å². The van der Waals surface area contributed by atoms with E-state index in [9.17, 15) is 4.79 Å². The van der Waals surface area contributed by atoms with Gasteiger partial charge in [0.15, 0.2) is 23.0 Å². The van der Waals surface area contributed by atoms with Crippen molar-refractivity contribution < 1.29 is 28.5 Å². The molecule has 5 rings (SSSR count). The normalized spacial score (nSPS) is 18.2. The van der Waals surface area contributed by atoms with Crippen LogP contribution in [-0.4, -0.2) is 44.2 Å². The van der Waals surface area contributed by atoms with Gasteiger partial charge in [-0.25, -0.2) is 4.79 Å². The second-order valence-corrected chi connectivity index (χ2v) is 9.07. The molecule has 2 heterocycles. The maximum absolute atomic E-state index is 13.1. The molecule has 7 nitrogen and oxygen atoms in total. The summed E-state index contributed by atoms with van der Waals surface area (Å²) in [5.41, 5.74) is 4.76. The van der Waals surface area contributed by atoms with Gasteiger partial charge < -0.3 is 28.6 Å². The van der Waals surface area contributed by atoms with Crippen LogP contribution in [0.15, 0.2) is 18.2 Å². The predicted molar refractivity (Wildman–Crippen MR) is 114 cm³/mol. The summed E-state index contributed by atoms with van der Waals surface area (Å²) in [6.45, 7) is 6.46. The summed E-state index contributed by atoms with van der Waals surface area (Å²) in [5, 5.41) is 0. The molecular weight excluding hydrogens is 398 g/mol. The number of carbonyl (C=O) groups is 1. The Hall–Kier alpha value is -3.09. The predicted octanol–water partition coefficient (Wildman–Crippen LogP) is 4.49. The topological polar surface area (TPSA) is 66.5 Å². The molecule has 31 heavy (non-hydrogen) atoms. The van der Waals surface area contributed by atoms with Crippen molar-refractivity contribution in [3.05, 3.63) is 34.9 Å². The van der Waals surface area contributed by atoms with Crippen molar-refractivity contribution in [3.8, 4) is 34.1 Å². The lowest BCUT2D eigenvalue weighted by molar-refractivity contribution is 0.0140. The van der Waals surface area contributed by atoms with Crippen LogP contribution in [0.3, 0.4) is 0 Å². The molecule has 7 heteroatoms. The van der Waals surface area contributed by atoms with Gasteiger partial charge in [-0.1, -0.05) is 0 Å². The molecule has 0 saturated carbocycles. The van der Waals surface area contributed by atoms with Crippen molar-refractivity contribution in [3.63, 3.8) is 0 Å². The lowest BCUT2D eigenvalue weighted by Gasteiger charge is -2.42. The minimum Gasteiger partial charge on any atom is -0.493 e. The SMILES string of the molecule is COc1cc2c3c(c1OC)-c1cc4c(cc1CC3N(C(=O)OC(C)(C)C)CC2)OCO4. The van der Waals surface area contributed by atoms with Gasteiger partial charge in [0, 0.05) is 12.1 Å². The summed E-state index contributed by atoms with van der Waals surface area (Å²) in [7, 11) is 3.29. The lowest BCUT2D eigenvalue weighted by atomic mass is 9.76. The molecule has 0 radical (unpaired) electrons. The zero-order valence-corrected chi connectivity index (χ0v) is 18.5. The van der Waals surface area contributed by atoms with E-state index in [2.05, 4.69) is 0 Å². The highest BCUT2D eigenvalue weighted by atomic mass is 16.7. The van der Waals surface area contributed by atoms with Gasteiger partial charge in [-0.15, -0.1) is 0 Å². The van der Waals surface area contributed by atoms with Crippen LogP contribution in [0.25, 0.3) is 11.1 Å². The number of hydrogen-bond donors (Lipinski definition) is 0. The highest BCUT2D eigenvalue weighted by Crippen LogP contribution is 2.54. The maximum atomic E-state index is 13.1. The van der Waals surface area contributed by atoms with E-state index >= 15 is 0 Å². The van der Waals surface area contributed by atoms with Gasteiger partial charge in [0.1, 0.15) is 5.60 Å². The van der Waals surface area contributed by atoms with E-state index in [0.29, 0.717) is 24.5 Å². The van der Waals surface area contributed by atoms with E-state index in [1.54, 1.807) is 14.2 Å². The zero-order valence-electron chi connectivity index (χ0n) is 18.5. The summed E-state index contributed by atoms with van der Waals surface area (Å²) in [5.74, 6) is 2.79. The summed E-state index contributed by atoms with van der Waals surface area (Å²) >= 11 is 0. The average molecular weight is 425 g/mol. The number of fused-ring (bicyclic) bond motifs is 3. The van der Waals surface area contributed by atoms with Gasteiger partial charge in [0.2, 0.25) is 6.79 Å². The zero-order chi connectivity index (χ0) is 21.9. The fourth-order valence-corrected chi connectivity index (χ4v) is 4.81. The maximum Gasteiger partial charge on any atom is 0.410 e. The van der Waals surface area contributed by atoms with Gasteiger partial charge in [0.05, 0.1) is 20.3 Å². The molecule has 164 valence electrons. The largest absolute Gasteiger partial charge is 0.493 e. The van der Waals surface area contributed by atoms with Gasteiger partial charge in [-0.3, -0.25) is 0 Å². The number of rotatable bonds is 2. The van der Waals surface area contributed by atoms with Gasteiger partial charge in [0.25, 0.3) is 0 Å². The summed E-state index contributed by atoms with van der Waals surface area (Å²) in [6.07, 6.45) is 1.09. The first-order valence-electron chi connectivity index (χ1n) is 10.5. The number of nitrogens with zero attached hydrogens (tertiary/aromatic N) is 1. The van der Waals surface area contributed by atoms with Crippen LogP contribution >= 0.6 is 0 Å². The van der Waals surface area contributed by atoms with Crippen molar-refractivity contribution in [2.45, 2.75) is 45.3 Å². The quantitative estimate of drug-likeness (QED) is 0.706. The van der Waals surface area contributed by atoms with Crippen molar-refractivity contribution in [1.82, 2.24) is 4.90 Å². The molecule has 0 saturated heterocycles. The molecule has 0 fully saturated rings. The van der Waals surface area contributed by atoms with E-state index in [4.69, 9.17) is 23.7 Å². The third kappa shape index (κ3) is 3.14. The minimum absolute atomic E-state index is 0.152. The molecule has 0 aromatic heterocycles. The number of carbonyl (C=O) groups excluding carboxylic acids is 1. The summed E-state index contributed by atoms with van der Waals surface area (Å²) in [6, 6.07) is 5.91. The fourth-order valence-electron chi connectivity index (χ4n) is 4.81. The number of methoxy groups -OCH3 is 2. The second-order valence-electron chi connectivity index (χ2n) is 9.07. The van der Waals surface area contributed by atoms with Crippen LogP contribution in [0.4, 0.5) is 4.79 Å². The highest BCUT2D eigenvalue weighted by molar-refractivity contribution is 5.86. The number of amides is 1. The van der Waals surface area contributed by atoms with Crippen molar-refractivity contribution in [2.24, 2.45) is 0 Å². The number of benzene rings is 2. The smallest absolute Gasteiger partial charge is 0.410 e. The van der Waals surface area contributed by atoms with Crippen LogP contribution in [0.1, 0.15) is 43.5 Å². The minimum atomic E-state index is -0.559. The Balaban J connectivity index is 1.71. The molecule has 0 spiro atoms. The van der Waals surface area contributed by atoms with Gasteiger partial charge in [-0.2, -0.15) is 0 Å². The van der Waals surface area contributed by atoms with E-state index in [1.165, 1.54) is 5.56 Å². The van der Waals surface area contributed by atoms with Crippen LogP contribution in [-0.2, 0) is 17.6 Å². The highest BCUT2D eigenvalue weighted by Gasteiger charge is 2.41. The molecule has 1 unspecified atom stereocenters. The Labute approximate surface area is 181 Å². The molecule has 2 aromatic rings. The van der Waals surface area contributed by atoms with Crippen molar-refractivity contribution in [2.75, 3.05) is 27.6 Å². The second kappa shape index (κ2) is 6.97. The Morgan fingerprint density at radius 2 is 1.81 bits per heavy atom. The first kappa shape index (κ1) is 19.8. The fraction of sp³-hybridized carbons (Fsp3) is 0.458. The molecule has 0 bridgehead atoms. The molecule has 1 aliphatic carbocycles. The lowest BCUT2D eigenvalue weighted by Crippen LogP contribution is -2.44. The first-order valence-corrected chi connectivity index (χ1v) is 10.5. The monoisotopic (exact) mass is 425 g/mol. The molecular formula is C24H27NO6. The molecule has 2 aliphatic heterocycles. The average Bonchev–Trinajstić information content (AvgIpc) is 3.17. The summed E-state index contributed by atoms with van der Waals surface area (Å²) < 4.78 is 28.5. The van der Waals surface area contributed by atoms with E-state index in [0.717, 1.165) is 40.2 Å². The van der Waals surface area contributed by atoms with Crippen molar-refractivity contribution >= 4 is 6.09 Å². The van der Waals surface area contributed by atoms with Crippen LogP contribution in [0.2, 0.25) is 0 Å². The third-order valence-electron chi connectivity index (χ3n) is 6.04. The molecule has 1 atom stereocenters. The van der Waals surface area contributed by atoms with E-state index < -0.39 is 5.60 Å². The molecule has 3 aliphatic rings.